The first-order valence-corrected chi connectivity index (χ1v) is 7.41. The molecule has 0 atom stereocenters. The van der Waals surface area contributed by atoms with Crippen LogP contribution in [0.1, 0.15) is 24.3 Å². The maximum atomic E-state index is 12.5. The third-order valence-corrected chi connectivity index (χ3v) is 5.09. The first-order chi connectivity index (χ1) is 8.82. The highest BCUT2D eigenvalue weighted by Gasteiger charge is 2.36. The van der Waals surface area contributed by atoms with Crippen molar-refractivity contribution in [3.05, 3.63) is 11.5 Å². The van der Waals surface area contributed by atoms with Gasteiger partial charge in [0.1, 0.15) is 17.1 Å². The number of rotatable bonds is 6. The van der Waals surface area contributed by atoms with E-state index in [4.69, 9.17) is 9.63 Å². The highest BCUT2D eigenvalue weighted by Crippen LogP contribution is 2.32. The molecule has 0 saturated heterocycles. The van der Waals surface area contributed by atoms with Gasteiger partial charge in [-0.2, -0.15) is 4.31 Å². The standard InChI is InChI=1S/C11H16N2O5S/c1-7-11(8(2)18-12-7)19(16,17)13(6-10(14)15)5-9-3-4-9/h9H,3-6H2,1-2H3,(H,14,15). The highest BCUT2D eigenvalue weighted by atomic mass is 32.2. The molecule has 1 N–H and O–H groups in total. The minimum atomic E-state index is -3.87. The molecule has 1 saturated carbocycles. The van der Waals surface area contributed by atoms with Gasteiger partial charge in [0.15, 0.2) is 5.76 Å². The van der Waals surface area contributed by atoms with E-state index in [1.54, 1.807) is 0 Å². The molecule has 7 nitrogen and oxygen atoms in total. The number of carboxylic acid groups (broad SMARTS) is 1. The molecule has 1 aliphatic rings. The van der Waals surface area contributed by atoms with Crippen LogP contribution in [-0.2, 0) is 14.8 Å². The molecule has 0 amide bonds. The van der Waals surface area contributed by atoms with Crippen LogP contribution >= 0.6 is 0 Å². The lowest BCUT2D eigenvalue weighted by molar-refractivity contribution is -0.137. The monoisotopic (exact) mass is 288 g/mol. The number of aromatic nitrogens is 1. The van der Waals surface area contributed by atoms with Gasteiger partial charge < -0.3 is 9.63 Å². The first kappa shape index (κ1) is 14.0. The third kappa shape index (κ3) is 2.95. The molecular weight excluding hydrogens is 272 g/mol. The zero-order valence-electron chi connectivity index (χ0n) is 10.8. The summed E-state index contributed by atoms with van der Waals surface area (Å²) in [7, 11) is -3.87. The Kier molecular flexibility index (Phi) is 3.64. The van der Waals surface area contributed by atoms with Crippen LogP contribution in [0.4, 0.5) is 0 Å². The summed E-state index contributed by atoms with van der Waals surface area (Å²) in [6.07, 6.45) is 1.88. The second-order valence-electron chi connectivity index (χ2n) is 4.79. The largest absolute Gasteiger partial charge is 0.480 e. The molecule has 1 aromatic heterocycles. The van der Waals surface area contributed by atoms with Gasteiger partial charge >= 0.3 is 5.97 Å². The van der Waals surface area contributed by atoms with Crippen LogP contribution in [0.15, 0.2) is 9.42 Å². The van der Waals surface area contributed by atoms with E-state index in [2.05, 4.69) is 5.16 Å². The number of sulfonamides is 1. The van der Waals surface area contributed by atoms with Crippen molar-refractivity contribution in [3.8, 4) is 0 Å². The van der Waals surface area contributed by atoms with Gasteiger partial charge in [-0.1, -0.05) is 5.16 Å². The van der Waals surface area contributed by atoms with E-state index >= 15 is 0 Å². The molecule has 0 unspecified atom stereocenters. The Hall–Kier alpha value is -1.41. The number of hydrogen-bond donors (Lipinski definition) is 1. The normalized spacial score (nSPS) is 15.9. The number of nitrogens with zero attached hydrogens (tertiary/aromatic N) is 2. The smallest absolute Gasteiger partial charge is 0.318 e. The van der Waals surface area contributed by atoms with Gasteiger partial charge in [-0.3, -0.25) is 4.79 Å². The van der Waals surface area contributed by atoms with Gasteiger partial charge in [0, 0.05) is 6.54 Å². The molecule has 1 aliphatic carbocycles. The molecule has 1 heterocycles. The van der Waals surface area contributed by atoms with E-state index in [0.29, 0.717) is 0 Å². The zero-order chi connectivity index (χ0) is 14.2. The molecule has 2 rings (SSSR count). The van der Waals surface area contributed by atoms with E-state index in [-0.39, 0.29) is 28.8 Å². The van der Waals surface area contributed by atoms with Gasteiger partial charge in [0.05, 0.1) is 0 Å². The average Bonchev–Trinajstić information content (AvgIpc) is 3.02. The number of carboxylic acids is 1. The Bertz CT molecular complexity index is 569. The second-order valence-corrected chi connectivity index (χ2v) is 6.66. The Morgan fingerprint density at radius 3 is 2.53 bits per heavy atom. The Morgan fingerprint density at radius 1 is 1.47 bits per heavy atom. The lowest BCUT2D eigenvalue weighted by Gasteiger charge is -2.19. The van der Waals surface area contributed by atoms with E-state index in [9.17, 15) is 13.2 Å². The van der Waals surface area contributed by atoms with Gasteiger partial charge in [-0.15, -0.1) is 0 Å². The number of carbonyl (C=O) groups is 1. The fourth-order valence-electron chi connectivity index (χ4n) is 1.96. The topological polar surface area (TPSA) is 101 Å². The Labute approximate surface area is 111 Å². The molecule has 8 heteroatoms. The fourth-order valence-corrected chi connectivity index (χ4v) is 3.72. The van der Waals surface area contributed by atoms with Crippen molar-refractivity contribution in [2.75, 3.05) is 13.1 Å². The van der Waals surface area contributed by atoms with Gasteiger partial charge in [-0.25, -0.2) is 8.42 Å². The minimum Gasteiger partial charge on any atom is -0.480 e. The van der Waals surface area contributed by atoms with Crippen molar-refractivity contribution in [2.45, 2.75) is 31.6 Å². The van der Waals surface area contributed by atoms with Gasteiger partial charge in [-0.05, 0) is 32.6 Å². The fraction of sp³-hybridized carbons (Fsp3) is 0.636. The molecule has 1 aromatic rings. The van der Waals surface area contributed by atoms with Crippen LogP contribution in [0.3, 0.4) is 0 Å². The van der Waals surface area contributed by atoms with Crippen LogP contribution in [0, 0.1) is 19.8 Å². The van der Waals surface area contributed by atoms with E-state index in [1.165, 1.54) is 13.8 Å². The summed E-state index contributed by atoms with van der Waals surface area (Å²) in [5.41, 5.74) is 0.253. The molecule has 106 valence electrons. The molecule has 1 fully saturated rings. The van der Waals surface area contributed by atoms with Crippen molar-refractivity contribution in [3.63, 3.8) is 0 Å². The number of hydrogen-bond acceptors (Lipinski definition) is 5. The number of aliphatic carboxylic acids is 1. The van der Waals surface area contributed by atoms with Crippen LogP contribution < -0.4 is 0 Å². The SMILES string of the molecule is Cc1noc(C)c1S(=O)(=O)N(CC(=O)O)CC1CC1. The van der Waals surface area contributed by atoms with Crippen molar-refractivity contribution in [1.82, 2.24) is 9.46 Å². The molecule has 0 radical (unpaired) electrons. The van der Waals surface area contributed by atoms with Crippen LogP contribution in [0.5, 0.6) is 0 Å². The Morgan fingerprint density at radius 2 is 2.11 bits per heavy atom. The predicted molar refractivity (Wildman–Crippen MR) is 65.1 cm³/mol. The predicted octanol–water partition coefficient (Wildman–Crippen LogP) is 0.777. The van der Waals surface area contributed by atoms with Crippen LogP contribution in [0.2, 0.25) is 0 Å². The van der Waals surface area contributed by atoms with Crippen LogP contribution in [0.25, 0.3) is 0 Å². The molecule has 0 aromatic carbocycles. The summed E-state index contributed by atoms with van der Waals surface area (Å²) in [5.74, 6) is -0.728. The van der Waals surface area contributed by atoms with E-state index < -0.39 is 22.5 Å². The summed E-state index contributed by atoms with van der Waals surface area (Å²) < 4.78 is 30.8. The van der Waals surface area contributed by atoms with Gasteiger partial charge in [0.25, 0.3) is 0 Å². The van der Waals surface area contributed by atoms with Crippen molar-refractivity contribution in [2.24, 2.45) is 5.92 Å². The molecule has 0 aliphatic heterocycles. The number of aryl methyl sites for hydroxylation is 2. The second kappa shape index (κ2) is 4.93. The van der Waals surface area contributed by atoms with Crippen molar-refractivity contribution < 1.29 is 22.8 Å². The maximum Gasteiger partial charge on any atom is 0.318 e. The first-order valence-electron chi connectivity index (χ1n) is 5.97. The molecule has 0 bridgehead atoms. The molecule has 0 spiro atoms. The molecular formula is C11H16N2O5S. The van der Waals surface area contributed by atoms with Crippen LogP contribution in [-0.4, -0.2) is 42.0 Å². The zero-order valence-corrected chi connectivity index (χ0v) is 11.6. The Balaban J connectivity index is 2.35. The van der Waals surface area contributed by atoms with Crippen molar-refractivity contribution in [1.29, 1.82) is 0 Å². The molecule has 19 heavy (non-hydrogen) atoms. The summed E-state index contributed by atoms with van der Waals surface area (Å²) >= 11 is 0. The van der Waals surface area contributed by atoms with E-state index in [1.807, 2.05) is 0 Å². The maximum absolute atomic E-state index is 12.5. The highest BCUT2D eigenvalue weighted by molar-refractivity contribution is 7.89. The minimum absolute atomic E-state index is 0.0191. The quantitative estimate of drug-likeness (QED) is 0.830. The van der Waals surface area contributed by atoms with Crippen molar-refractivity contribution >= 4 is 16.0 Å². The average molecular weight is 288 g/mol. The lowest BCUT2D eigenvalue weighted by Crippen LogP contribution is -2.37. The summed E-state index contributed by atoms with van der Waals surface area (Å²) in [4.78, 5) is 10.8. The van der Waals surface area contributed by atoms with E-state index in [0.717, 1.165) is 17.1 Å². The lowest BCUT2D eigenvalue weighted by atomic mass is 10.4. The summed E-state index contributed by atoms with van der Waals surface area (Å²) in [6.45, 7) is 2.73. The summed E-state index contributed by atoms with van der Waals surface area (Å²) in [6, 6.07) is 0. The van der Waals surface area contributed by atoms with Gasteiger partial charge in [0.2, 0.25) is 10.0 Å². The third-order valence-electron chi connectivity index (χ3n) is 3.04. The summed E-state index contributed by atoms with van der Waals surface area (Å²) in [5, 5.41) is 12.5.